The first-order valence-electron chi connectivity index (χ1n) is 5.97. The standard InChI is InChI=1S/C15H10BrCl2NO2/c1-8(20)10-3-2-9(7-19)4-14(10)21-15-6-12(17)11(16)5-13(15)18/h2-6,8,20H,1H3/t8-/m1/s1. The van der Waals surface area contributed by atoms with Crippen LogP contribution in [0, 0.1) is 11.3 Å². The zero-order valence-electron chi connectivity index (χ0n) is 10.9. The molecule has 1 N–H and O–H groups in total. The summed E-state index contributed by atoms with van der Waals surface area (Å²) in [6.45, 7) is 1.62. The molecule has 0 spiro atoms. The van der Waals surface area contributed by atoms with Crippen molar-refractivity contribution in [3.8, 4) is 17.6 Å². The molecular weight excluding hydrogens is 377 g/mol. The molecule has 0 unspecified atom stereocenters. The molecule has 108 valence electrons. The molecule has 0 heterocycles. The summed E-state index contributed by atoms with van der Waals surface area (Å²) >= 11 is 15.4. The first-order valence-corrected chi connectivity index (χ1v) is 7.51. The second-order valence-electron chi connectivity index (χ2n) is 4.34. The van der Waals surface area contributed by atoms with Crippen molar-refractivity contribution >= 4 is 39.1 Å². The third-order valence-corrected chi connectivity index (χ3v) is 4.28. The third kappa shape index (κ3) is 3.69. The number of nitrogens with zero attached hydrogens (tertiary/aromatic N) is 1. The van der Waals surface area contributed by atoms with Gasteiger partial charge in [-0.25, -0.2) is 0 Å². The van der Waals surface area contributed by atoms with Crippen LogP contribution >= 0.6 is 39.1 Å². The Balaban J connectivity index is 2.48. The van der Waals surface area contributed by atoms with Gasteiger partial charge >= 0.3 is 0 Å². The van der Waals surface area contributed by atoms with Crippen LogP contribution < -0.4 is 4.74 Å². The quantitative estimate of drug-likeness (QED) is 0.711. The molecule has 3 nitrogen and oxygen atoms in total. The van der Waals surface area contributed by atoms with Crippen molar-refractivity contribution in [3.05, 3.63) is 56.0 Å². The molecule has 2 aromatic rings. The number of aliphatic hydroxyl groups excluding tert-OH is 1. The summed E-state index contributed by atoms with van der Waals surface area (Å²) in [4.78, 5) is 0. The van der Waals surface area contributed by atoms with E-state index in [1.165, 1.54) is 0 Å². The first-order chi connectivity index (χ1) is 9.92. The normalized spacial score (nSPS) is 11.8. The van der Waals surface area contributed by atoms with Gasteiger partial charge in [-0.15, -0.1) is 0 Å². The maximum absolute atomic E-state index is 9.78. The van der Waals surface area contributed by atoms with Crippen molar-refractivity contribution in [2.75, 3.05) is 0 Å². The summed E-state index contributed by atoms with van der Waals surface area (Å²) in [7, 11) is 0. The molecule has 1 atom stereocenters. The van der Waals surface area contributed by atoms with E-state index in [1.807, 2.05) is 6.07 Å². The summed E-state index contributed by atoms with van der Waals surface area (Å²) < 4.78 is 6.39. The van der Waals surface area contributed by atoms with Crippen molar-refractivity contribution in [3.63, 3.8) is 0 Å². The van der Waals surface area contributed by atoms with Gasteiger partial charge < -0.3 is 9.84 Å². The van der Waals surface area contributed by atoms with Gasteiger partial charge in [-0.2, -0.15) is 5.26 Å². The number of benzene rings is 2. The van der Waals surface area contributed by atoms with Crippen molar-refractivity contribution in [1.29, 1.82) is 5.26 Å². The fourth-order valence-electron chi connectivity index (χ4n) is 1.74. The Morgan fingerprint density at radius 2 is 1.90 bits per heavy atom. The van der Waals surface area contributed by atoms with Crippen LogP contribution in [0.4, 0.5) is 0 Å². The monoisotopic (exact) mass is 385 g/mol. The van der Waals surface area contributed by atoms with Crippen LogP contribution in [0.25, 0.3) is 0 Å². The Morgan fingerprint density at radius 3 is 2.52 bits per heavy atom. The van der Waals surface area contributed by atoms with E-state index in [2.05, 4.69) is 15.9 Å². The van der Waals surface area contributed by atoms with Gasteiger partial charge in [0.05, 0.1) is 27.8 Å². The van der Waals surface area contributed by atoms with Gasteiger partial charge in [-0.05, 0) is 41.1 Å². The van der Waals surface area contributed by atoms with Crippen molar-refractivity contribution < 1.29 is 9.84 Å². The summed E-state index contributed by atoms with van der Waals surface area (Å²) in [5.41, 5.74) is 0.984. The first kappa shape index (κ1) is 16.1. The average molecular weight is 387 g/mol. The molecule has 0 bridgehead atoms. The molecule has 0 aliphatic heterocycles. The Bertz CT molecular complexity index is 726. The zero-order valence-corrected chi connectivity index (χ0v) is 14.0. The van der Waals surface area contributed by atoms with E-state index >= 15 is 0 Å². The van der Waals surface area contributed by atoms with E-state index in [4.69, 9.17) is 33.2 Å². The molecule has 2 rings (SSSR count). The van der Waals surface area contributed by atoms with Gasteiger partial charge in [0.2, 0.25) is 0 Å². The molecule has 0 amide bonds. The number of halogens is 3. The molecule has 21 heavy (non-hydrogen) atoms. The van der Waals surface area contributed by atoms with Gasteiger partial charge in [-0.1, -0.05) is 29.3 Å². The molecule has 0 saturated heterocycles. The lowest BCUT2D eigenvalue weighted by Gasteiger charge is -2.15. The van der Waals surface area contributed by atoms with Gasteiger partial charge in [0.15, 0.2) is 0 Å². The average Bonchev–Trinajstić information content (AvgIpc) is 2.44. The third-order valence-electron chi connectivity index (χ3n) is 2.79. The van der Waals surface area contributed by atoms with Crippen LogP contribution in [0.3, 0.4) is 0 Å². The highest BCUT2D eigenvalue weighted by Gasteiger charge is 2.14. The van der Waals surface area contributed by atoms with Gasteiger partial charge in [-0.3, -0.25) is 0 Å². The Hall–Kier alpha value is -1.25. The number of rotatable bonds is 3. The highest BCUT2D eigenvalue weighted by atomic mass is 79.9. The minimum absolute atomic E-state index is 0.349. The van der Waals surface area contributed by atoms with Crippen molar-refractivity contribution in [1.82, 2.24) is 0 Å². The maximum atomic E-state index is 9.78. The Labute approximate surface area is 140 Å². The lowest BCUT2D eigenvalue weighted by Crippen LogP contribution is -1.97. The predicted octanol–water partition coefficient (Wildman–Crippen LogP) is 5.47. The lowest BCUT2D eigenvalue weighted by atomic mass is 10.1. The summed E-state index contributed by atoms with van der Waals surface area (Å²) in [6.07, 6.45) is -0.738. The van der Waals surface area contributed by atoms with Crippen LogP contribution in [0.15, 0.2) is 34.8 Å². The number of ether oxygens (including phenoxy) is 1. The fourth-order valence-corrected chi connectivity index (χ4v) is 2.57. The molecule has 0 radical (unpaired) electrons. The number of hydrogen-bond acceptors (Lipinski definition) is 3. The highest BCUT2D eigenvalue weighted by Crippen LogP contribution is 2.38. The van der Waals surface area contributed by atoms with E-state index in [0.717, 1.165) is 0 Å². The van der Waals surface area contributed by atoms with E-state index in [9.17, 15) is 5.11 Å². The topological polar surface area (TPSA) is 53.2 Å². The molecule has 6 heteroatoms. The largest absolute Gasteiger partial charge is 0.455 e. The van der Waals surface area contributed by atoms with Crippen molar-refractivity contribution in [2.24, 2.45) is 0 Å². The van der Waals surface area contributed by atoms with Crippen LogP contribution in [0.2, 0.25) is 10.0 Å². The maximum Gasteiger partial charge on any atom is 0.147 e. The van der Waals surface area contributed by atoms with Crippen LogP contribution in [-0.2, 0) is 0 Å². The lowest BCUT2D eigenvalue weighted by molar-refractivity contribution is 0.195. The molecule has 0 aromatic heterocycles. The van der Waals surface area contributed by atoms with E-state index < -0.39 is 6.10 Å². The van der Waals surface area contributed by atoms with Gasteiger partial charge in [0.1, 0.15) is 11.5 Å². The van der Waals surface area contributed by atoms with Crippen molar-refractivity contribution in [2.45, 2.75) is 13.0 Å². The SMILES string of the molecule is C[C@@H](O)c1ccc(C#N)cc1Oc1cc(Cl)c(Br)cc1Cl. The summed E-state index contributed by atoms with van der Waals surface area (Å²) in [6, 6.07) is 10.0. The van der Waals surface area contributed by atoms with Gasteiger partial charge in [0, 0.05) is 16.1 Å². The zero-order chi connectivity index (χ0) is 15.6. The molecule has 0 aliphatic carbocycles. The fraction of sp³-hybridized carbons (Fsp3) is 0.133. The van der Waals surface area contributed by atoms with Crippen LogP contribution in [0.1, 0.15) is 24.2 Å². The number of hydrogen-bond donors (Lipinski definition) is 1. The Morgan fingerprint density at radius 1 is 1.19 bits per heavy atom. The molecule has 0 saturated carbocycles. The summed E-state index contributed by atoms with van der Waals surface area (Å²) in [5, 5.41) is 19.6. The molecular formula is C15H10BrCl2NO2. The second kappa shape index (κ2) is 6.67. The molecule has 0 aliphatic rings. The Kier molecular flexibility index (Phi) is 5.13. The van der Waals surface area contributed by atoms with E-state index in [1.54, 1.807) is 37.3 Å². The number of nitriles is 1. The van der Waals surface area contributed by atoms with Crippen LogP contribution in [0.5, 0.6) is 11.5 Å². The van der Waals surface area contributed by atoms with E-state index in [-0.39, 0.29) is 0 Å². The highest BCUT2D eigenvalue weighted by molar-refractivity contribution is 9.10. The summed E-state index contributed by atoms with van der Waals surface area (Å²) in [5.74, 6) is 0.714. The minimum atomic E-state index is -0.738. The second-order valence-corrected chi connectivity index (χ2v) is 6.01. The number of aliphatic hydroxyl groups is 1. The van der Waals surface area contributed by atoms with E-state index in [0.29, 0.717) is 37.1 Å². The molecule has 2 aromatic carbocycles. The molecule has 0 fully saturated rings. The predicted molar refractivity (Wildman–Crippen MR) is 86.0 cm³/mol. The minimum Gasteiger partial charge on any atom is -0.455 e. The smallest absolute Gasteiger partial charge is 0.147 e. The van der Waals surface area contributed by atoms with Gasteiger partial charge in [0.25, 0.3) is 0 Å². The van der Waals surface area contributed by atoms with Crippen LogP contribution in [-0.4, -0.2) is 5.11 Å².